The van der Waals surface area contributed by atoms with Crippen LogP contribution in [-0.4, -0.2) is 12.5 Å². The molecule has 0 bridgehead atoms. The predicted octanol–water partition coefficient (Wildman–Crippen LogP) is 6.48. The van der Waals surface area contributed by atoms with Crippen LogP contribution in [0.1, 0.15) is 29.0 Å². The average molecular weight is 416 g/mol. The predicted molar refractivity (Wildman–Crippen MR) is 109 cm³/mol. The standard InChI is InChI=1S/C23H17ClF3NO/c1-14(24)13-28-20-11-8-15-4-2-3-5-18(15)22(20)19(12-21(28)29)16-6-9-17(10-7-16)23(25,26)27/h2-11,19H,1,12-13H2. The Morgan fingerprint density at radius 3 is 2.41 bits per heavy atom. The van der Waals surface area contributed by atoms with Crippen LogP contribution in [-0.2, 0) is 11.0 Å². The second-order valence-electron chi connectivity index (χ2n) is 7.09. The number of amides is 1. The van der Waals surface area contributed by atoms with E-state index in [2.05, 4.69) is 6.58 Å². The van der Waals surface area contributed by atoms with Gasteiger partial charge in [0.05, 0.1) is 12.1 Å². The smallest absolute Gasteiger partial charge is 0.307 e. The molecular formula is C23H17ClF3NO. The van der Waals surface area contributed by atoms with E-state index in [-0.39, 0.29) is 24.8 Å². The fourth-order valence-electron chi connectivity index (χ4n) is 3.94. The Kier molecular flexibility index (Phi) is 4.87. The molecular weight excluding hydrogens is 399 g/mol. The number of fused-ring (bicyclic) bond motifs is 3. The summed E-state index contributed by atoms with van der Waals surface area (Å²) in [5.41, 5.74) is 1.60. The third-order valence-corrected chi connectivity index (χ3v) is 5.36. The van der Waals surface area contributed by atoms with Crippen LogP contribution in [0.3, 0.4) is 0 Å². The summed E-state index contributed by atoms with van der Waals surface area (Å²) in [6.45, 7) is 3.88. The molecule has 0 fully saturated rings. The van der Waals surface area contributed by atoms with E-state index in [1.54, 1.807) is 4.90 Å². The van der Waals surface area contributed by atoms with Crippen LogP contribution < -0.4 is 4.90 Å². The Labute approximate surface area is 171 Å². The van der Waals surface area contributed by atoms with Gasteiger partial charge >= 0.3 is 6.18 Å². The molecule has 4 rings (SSSR count). The van der Waals surface area contributed by atoms with Gasteiger partial charge in [0.25, 0.3) is 0 Å². The third kappa shape index (κ3) is 3.62. The largest absolute Gasteiger partial charge is 0.416 e. The quantitative estimate of drug-likeness (QED) is 0.479. The number of carbonyl (C=O) groups excluding carboxylic acids is 1. The first kappa shape index (κ1) is 19.5. The zero-order valence-electron chi connectivity index (χ0n) is 15.3. The van der Waals surface area contributed by atoms with Crippen molar-refractivity contribution in [2.75, 3.05) is 11.4 Å². The van der Waals surface area contributed by atoms with Crippen LogP contribution in [0, 0.1) is 0 Å². The second-order valence-corrected chi connectivity index (χ2v) is 7.63. The fraction of sp³-hybridized carbons (Fsp3) is 0.174. The summed E-state index contributed by atoms with van der Waals surface area (Å²) >= 11 is 5.98. The molecule has 0 aromatic heterocycles. The molecule has 1 unspecified atom stereocenters. The highest BCUT2D eigenvalue weighted by atomic mass is 35.5. The summed E-state index contributed by atoms with van der Waals surface area (Å²) in [5.74, 6) is -0.481. The Morgan fingerprint density at radius 2 is 1.76 bits per heavy atom. The monoisotopic (exact) mass is 415 g/mol. The maximum absolute atomic E-state index is 13.0. The van der Waals surface area contributed by atoms with Crippen LogP contribution in [0.4, 0.5) is 18.9 Å². The summed E-state index contributed by atoms with van der Waals surface area (Å²) < 4.78 is 38.9. The first-order valence-electron chi connectivity index (χ1n) is 9.08. The Bertz CT molecular complexity index is 1110. The van der Waals surface area contributed by atoms with Gasteiger partial charge in [-0.1, -0.05) is 60.6 Å². The Hall–Kier alpha value is -2.79. The van der Waals surface area contributed by atoms with Crippen molar-refractivity contribution in [3.63, 3.8) is 0 Å². The molecule has 0 N–H and O–H groups in total. The number of anilines is 1. The van der Waals surface area contributed by atoms with Crippen LogP contribution in [0.15, 0.2) is 72.3 Å². The number of carbonyl (C=O) groups is 1. The molecule has 1 aliphatic rings. The van der Waals surface area contributed by atoms with Crippen molar-refractivity contribution in [2.45, 2.75) is 18.5 Å². The molecule has 0 aliphatic carbocycles. The lowest BCUT2D eigenvalue weighted by atomic mass is 9.81. The second kappa shape index (κ2) is 7.23. The van der Waals surface area contributed by atoms with Crippen LogP contribution >= 0.6 is 11.6 Å². The van der Waals surface area contributed by atoms with E-state index in [9.17, 15) is 18.0 Å². The first-order chi connectivity index (χ1) is 13.8. The van der Waals surface area contributed by atoms with Gasteiger partial charge in [0.2, 0.25) is 5.91 Å². The summed E-state index contributed by atoms with van der Waals surface area (Å²) in [4.78, 5) is 14.5. The lowest BCUT2D eigenvalue weighted by Gasteiger charge is -2.35. The highest BCUT2D eigenvalue weighted by molar-refractivity contribution is 6.30. The van der Waals surface area contributed by atoms with Crippen molar-refractivity contribution >= 4 is 34.0 Å². The zero-order chi connectivity index (χ0) is 20.8. The summed E-state index contributed by atoms with van der Waals surface area (Å²) in [6.07, 6.45) is -4.25. The molecule has 2 nitrogen and oxygen atoms in total. The van der Waals surface area contributed by atoms with E-state index < -0.39 is 11.7 Å². The molecule has 0 saturated heterocycles. The van der Waals surface area contributed by atoms with Crippen molar-refractivity contribution < 1.29 is 18.0 Å². The summed E-state index contributed by atoms with van der Waals surface area (Å²) in [6, 6.07) is 16.6. The Morgan fingerprint density at radius 1 is 1.07 bits per heavy atom. The topological polar surface area (TPSA) is 20.3 Å². The van der Waals surface area contributed by atoms with E-state index in [1.807, 2.05) is 36.4 Å². The van der Waals surface area contributed by atoms with Crippen molar-refractivity contribution in [2.24, 2.45) is 0 Å². The molecule has 1 heterocycles. The van der Waals surface area contributed by atoms with Crippen LogP contribution in [0.2, 0.25) is 0 Å². The molecule has 0 spiro atoms. The van der Waals surface area contributed by atoms with Crippen LogP contribution in [0.25, 0.3) is 10.8 Å². The molecule has 3 aromatic carbocycles. The highest BCUT2D eigenvalue weighted by Gasteiger charge is 2.35. The molecule has 148 valence electrons. The van der Waals surface area contributed by atoms with Crippen LogP contribution in [0.5, 0.6) is 0 Å². The van der Waals surface area contributed by atoms with Gasteiger partial charge in [-0.05, 0) is 40.1 Å². The SMILES string of the molecule is C=C(Cl)CN1C(=O)CC(c2ccc(C(F)(F)F)cc2)c2c1ccc1ccccc21. The van der Waals surface area contributed by atoms with Gasteiger partial charge < -0.3 is 4.90 Å². The van der Waals surface area contributed by atoms with E-state index in [0.717, 1.165) is 28.5 Å². The molecule has 0 saturated carbocycles. The van der Waals surface area contributed by atoms with Gasteiger partial charge in [-0.25, -0.2) is 0 Å². The minimum atomic E-state index is -4.40. The van der Waals surface area contributed by atoms with Gasteiger partial charge in [-0.3, -0.25) is 4.79 Å². The number of halogens is 4. The number of alkyl halides is 3. The van der Waals surface area contributed by atoms with E-state index in [0.29, 0.717) is 16.3 Å². The average Bonchev–Trinajstić information content (AvgIpc) is 2.68. The number of hydrogen-bond donors (Lipinski definition) is 0. The normalized spacial score (nSPS) is 16.8. The number of hydrogen-bond acceptors (Lipinski definition) is 1. The fourth-order valence-corrected chi connectivity index (χ4v) is 4.06. The lowest BCUT2D eigenvalue weighted by molar-refractivity contribution is -0.137. The molecule has 1 atom stereocenters. The van der Waals surface area contributed by atoms with Crippen molar-refractivity contribution in [1.29, 1.82) is 0 Å². The molecule has 3 aromatic rings. The van der Waals surface area contributed by atoms with Gasteiger partial charge in [-0.15, -0.1) is 0 Å². The third-order valence-electron chi connectivity index (χ3n) is 5.24. The summed E-state index contributed by atoms with van der Waals surface area (Å²) in [7, 11) is 0. The van der Waals surface area contributed by atoms with Gasteiger partial charge in [0, 0.05) is 23.1 Å². The number of rotatable bonds is 3. The minimum absolute atomic E-state index is 0.139. The van der Waals surface area contributed by atoms with Gasteiger partial charge in [0.1, 0.15) is 0 Å². The lowest BCUT2D eigenvalue weighted by Crippen LogP contribution is -2.37. The zero-order valence-corrected chi connectivity index (χ0v) is 16.1. The highest BCUT2D eigenvalue weighted by Crippen LogP contribution is 2.44. The Balaban J connectivity index is 1.89. The molecule has 6 heteroatoms. The van der Waals surface area contributed by atoms with E-state index >= 15 is 0 Å². The molecule has 29 heavy (non-hydrogen) atoms. The van der Waals surface area contributed by atoms with Crippen molar-refractivity contribution in [3.05, 3.63) is 89.0 Å². The van der Waals surface area contributed by atoms with E-state index in [4.69, 9.17) is 11.6 Å². The minimum Gasteiger partial charge on any atom is -0.307 e. The summed E-state index contributed by atoms with van der Waals surface area (Å²) in [5, 5.41) is 2.31. The van der Waals surface area contributed by atoms with Gasteiger partial charge in [0.15, 0.2) is 0 Å². The molecule has 1 aliphatic heterocycles. The number of nitrogens with zero attached hydrogens (tertiary/aromatic N) is 1. The van der Waals surface area contributed by atoms with E-state index in [1.165, 1.54) is 12.1 Å². The molecule has 0 radical (unpaired) electrons. The van der Waals surface area contributed by atoms with Gasteiger partial charge in [-0.2, -0.15) is 13.2 Å². The molecule has 1 amide bonds. The van der Waals surface area contributed by atoms with Crippen molar-refractivity contribution in [3.8, 4) is 0 Å². The van der Waals surface area contributed by atoms with Crippen molar-refractivity contribution in [1.82, 2.24) is 0 Å². The first-order valence-corrected chi connectivity index (χ1v) is 9.46. The maximum atomic E-state index is 13.0. The number of benzene rings is 3. The maximum Gasteiger partial charge on any atom is 0.416 e.